The topological polar surface area (TPSA) is 76.6 Å². The van der Waals surface area contributed by atoms with Gasteiger partial charge in [-0.2, -0.15) is 13.2 Å². The van der Waals surface area contributed by atoms with Gasteiger partial charge in [-0.25, -0.2) is 14.4 Å². The summed E-state index contributed by atoms with van der Waals surface area (Å²) in [6.07, 6.45) is -1.62. The van der Waals surface area contributed by atoms with Crippen molar-refractivity contribution in [3.63, 3.8) is 0 Å². The van der Waals surface area contributed by atoms with Crippen LogP contribution in [0.5, 0.6) is 5.75 Å². The van der Waals surface area contributed by atoms with E-state index in [1.807, 2.05) is 0 Å². The van der Waals surface area contributed by atoms with E-state index < -0.39 is 32.3 Å². The highest BCUT2D eigenvalue weighted by atomic mass is 28.4. The maximum atomic E-state index is 15.0. The van der Waals surface area contributed by atoms with Gasteiger partial charge in [-0.15, -0.1) is 0 Å². The Kier molecular flexibility index (Phi) is 6.73. The molecule has 7 nitrogen and oxygen atoms in total. The third kappa shape index (κ3) is 4.90. The van der Waals surface area contributed by atoms with Gasteiger partial charge in [0.1, 0.15) is 18.2 Å². The van der Waals surface area contributed by atoms with Crippen LogP contribution in [-0.2, 0) is 27.7 Å². The van der Waals surface area contributed by atoms with E-state index in [-0.39, 0.29) is 46.4 Å². The number of hydrogen-bond acceptors (Lipinski definition) is 6. The average Bonchev–Trinajstić information content (AvgIpc) is 3.55. The summed E-state index contributed by atoms with van der Waals surface area (Å²) >= 11 is 0. The molecule has 5 rings (SSSR count). The number of ether oxygens (including phenoxy) is 1. The van der Waals surface area contributed by atoms with Gasteiger partial charge >= 0.3 is 6.18 Å². The number of carbonyl (C=O) groups is 1. The van der Waals surface area contributed by atoms with Crippen molar-refractivity contribution in [1.29, 1.82) is 0 Å². The molecular weight excluding hydrogens is 532 g/mol. The van der Waals surface area contributed by atoms with Crippen LogP contribution in [-0.4, -0.2) is 43.5 Å². The van der Waals surface area contributed by atoms with Gasteiger partial charge in [0.25, 0.3) is 0 Å². The van der Waals surface area contributed by atoms with E-state index in [9.17, 15) is 18.0 Å². The first-order chi connectivity index (χ1) is 18.1. The van der Waals surface area contributed by atoms with Crippen LogP contribution in [0.2, 0.25) is 18.1 Å². The van der Waals surface area contributed by atoms with Crippen molar-refractivity contribution in [3.8, 4) is 5.75 Å². The lowest BCUT2D eigenvalue weighted by Crippen LogP contribution is -2.40. The molecule has 1 aliphatic carbocycles. The van der Waals surface area contributed by atoms with Gasteiger partial charge in [0.2, 0.25) is 5.91 Å². The van der Waals surface area contributed by atoms with Crippen LogP contribution in [0.1, 0.15) is 63.4 Å². The number of alkyl halides is 3. The monoisotopic (exact) mass is 566 g/mol. The van der Waals surface area contributed by atoms with E-state index in [4.69, 9.17) is 14.1 Å². The first-order valence-corrected chi connectivity index (χ1v) is 16.2. The molecule has 0 unspecified atom stereocenters. The summed E-state index contributed by atoms with van der Waals surface area (Å²) in [4.78, 5) is 24.7. The van der Waals surface area contributed by atoms with Crippen LogP contribution in [0, 0.1) is 5.82 Å². The minimum absolute atomic E-state index is 0.0196. The summed E-state index contributed by atoms with van der Waals surface area (Å²) in [5, 5.41) is 2.35. The maximum absolute atomic E-state index is 15.0. The molecule has 3 heterocycles. The zero-order valence-electron chi connectivity index (χ0n) is 22.9. The molecule has 0 radical (unpaired) electrons. The molecular formula is C27H34F4N4O3Si. The Morgan fingerprint density at radius 2 is 1.85 bits per heavy atom. The van der Waals surface area contributed by atoms with Crippen LogP contribution >= 0.6 is 0 Å². The van der Waals surface area contributed by atoms with Crippen molar-refractivity contribution in [3.05, 3.63) is 34.9 Å². The lowest BCUT2D eigenvalue weighted by atomic mass is 9.80. The van der Waals surface area contributed by atoms with Crippen LogP contribution < -0.4 is 15.0 Å². The fraction of sp³-hybridized carbons (Fsp3) is 0.593. The van der Waals surface area contributed by atoms with Crippen LogP contribution in [0.3, 0.4) is 0 Å². The van der Waals surface area contributed by atoms with E-state index in [0.29, 0.717) is 37.0 Å². The van der Waals surface area contributed by atoms with Crippen LogP contribution in [0.4, 0.5) is 34.9 Å². The fourth-order valence-corrected chi connectivity index (χ4v) is 6.33. The van der Waals surface area contributed by atoms with Crippen molar-refractivity contribution < 1.29 is 31.5 Å². The van der Waals surface area contributed by atoms with Crippen molar-refractivity contribution in [2.45, 2.75) is 89.2 Å². The minimum Gasteiger partial charge on any atom is -0.490 e. The minimum atomic E-state index is -4.50. The third-order valence-electron chi connectivity index (χ3n) is 8.50. The zero-order chi connectivity index (χ0) is 28.4. The van der Waals surface area contributed by atoms with E-state index >= 15 is 4.39 Å². The highest BCUT2D eigenvalue weighted by Crippen LogP contribution is 2.55. The molecule has 212 valence electrons. The number of hydrogen-bond donors (Lipinski definition) is 1. The number of nitrogens with zero attached hydrogens (tertiary/aromatic N) is 3. The average molecular weight is 567 g/mol. The Morgan fingerprint density at radius 1 is 1.15 bits per heavy atom. The second kappa shape index (κ2) is 9.43. The van der Waals surface area contributed by atoms with E-state index in [1.54, 1.807) is 6.07 Å². The SMILES string of the molecule is CC(C)(C)[Si](C)(C)OCc1nc(NCC(F)(F)F)c2c(n1)N(c1cc(F)c3c(c1)CCO3)C(=O)C21CCCC1. The molecule has 1 N–H and O–H groups in total. The van der Waals surface area contributed by atoms with Gasteiger partial charge in [-0.1, -0.05) is 33.6 Å². The molecule has 0 atom stereocenters. The molecule has 0 saturated heterocycles. The van der Waals surface area contributed by atoms with Gasteiger partial charge in [-0.3, -0.25) is 9.69 Å². The number of carbonyl (C=O) groups excluding carboxylic acids is 1. The molecule has 12 heteroatoms. The number of benzene rings is 1. The number of aromatic nitrogens is 2. The largest absolute Gasteiger partial charge is 0.490 e. The standard InChI is InChI=1S/C27H34F4N4O3Si/c1-25(2,3)39(4,5)38-14-19-33-22(32-15-27(29,30)31)20-23(34-19)35(24(36)26(20)9-6-7-10-26)17-12-16-8-11-37-21(16)18(28)13-17/h12-13H,6-11,14-15H2,1-5H3,(H,32,33,34). The highest BCUT2D eigenvalue weighted by Gasteiger charge is 2.56. The second-order valence-corrected chi connectivity index (χ2v) is 17.0. The lowest BCUT2D eigenvalue weighted by molar-refractivity contribution is -0.122. The van der Waals surface area contributed by atoms with Gasteiger partial charge in [0, 0.05) is 18.1 Å². The first kappa shape index (κ1) is 27.8. The number of halogens is 4. The number of rotatable bonds is 6. The highest BCUT2D eigenvalue weighted by molar-refractivity contribution is 6.74. The van der Waals surface area contributed by atoms with Crippen molar-refractivity contribution in [1.82, 2.24) is 9.97 Å². The Morgan fingerprint density at radius 3 is 2.49 bits per heavy atom. The third-order valence-corrected chi connectivity index (χ3v) is 13.0. The molecule has 39 heavy (non-hydrogen) atoms. The Hall–Kier alpha value is -2.73. The van der Waals surface area contributed by atoms with Crippen LogP contribution in [0.25, 0.3) is 0 Å². The summed E-state index contributed by atoms with van der Waals surface area (Å²) in [5.74, 6) is -0.406. The van der Waals surface area contributed by atoms with Crippen molar-refractivity contribution >= 4 is 31.5 Å². The summed E-state index contributed by atoms with van der Waals surface area (Å²) in [5.41, 5.74) is 0.192. The predicted molar refractivity (Wildman–Crippen MR) is 141 cm³/mol. The summed E-state index contributed by atoms with van der Waals surface area (Å²) in [6.45, 7) is 9.36. The molecule has 2 aliphatic heterocycles. The summed E-state index contributed by atoms with van der Waals surface area (Å²) in [7, 11) is -2.25. The van der Waals surface area contributed by atoms with Crippen molar-refractivity contribution in [2.75, 3.05) is 23.4 Å². The first-order valence-electron chi connectivity index (χ1n) is 13.3. The zero-order valence-corrected chi connectivity index (χ0v) is 23.9. The normalized spacial score (nSPS) is 18.5. The maximum Gasteiger partial charge on any atom is 0.405 e. The van der Waals surface area contributed by atoms with E-state index in [0.717, 1.165) is 12.8 Å². The van der Waals surface area contributed by atoms with E-state index in [1.165, 1.54) is 11.0 Å². The molecule has 1 fully saturated rings. The van der Waals surface area contributed by atoms with Crippen molar-refractivity contribution in [2.24, 2.45) is 0 Å². The van der Waals surface area contributed by atoms with Gasteiger partial charge in [0.15, 0.2) is 25.7 Å². The number of amides is 1. The molecule has 1 saturated carbocycles. The lowest BCUT2D eigenvalue weighted by Gasteiger charge is -2.36. The Labute approximate surface area is 226 Å². The molecule has 1 aromatic carbocycles. The fourth-order valence-electron chi connectivity index (χ4n) is 5.41. The smallest absolute Gasteiger partial charge is 0.405 e. The Balaban J connectivity index is 1.65. The van der Waals surface area contributed by atoms with Gasteiger partial charge in [-0.05, 0) is 37.0 Å². The molecule has 3 aliphatic rings. The van der Waals surface area contributed by atoms with E-state index in [2.05, 4.69) is 44.2 Å². The molecule has 0 bridgehead atoms. The number of nitrogens with one attached hydrogen (secondary N) is 1. The quantitative estimate of drug-likeness (QED) is 0.316. The van der Waals surface area contributed by atoms with Gasteiger partial charge in [0.05, 0.1) is 29.9 Å². The molecule has 1 spiro atoms. The summed E-state index contributed by atoms with van der Waals surface area (Å²) < 4.78 is 66.7. The molecule has 1 amide bonds. The second-order valence-electron chi connectivity index (χ2n) is 12.1. The Bertz CT molecular complexity index is 1300. The molecule has 1 aromatic heterocycles. The molecule has 2 aromatic rings. The predicted octanol–water partition coefficient (Wildman–Crippen LogP) is 6.54. The van der Waals surface area contributed by atoms with Crippen LogP contribution in [0.15, 0.2) is 12.1 Å². The number of fused-ring (bicyclic) bond motifs is 3. The van der Waals surface area contributed by atoms with Gasteiger partial charge < -0.3 is 14.5 Å². The number of anilines is 3. The summed E-state index contributed by atoms with van der Waals surface area (Å²) in [6, 6.07) is 2.94.